The van der Waals surface area contributed by atoms with E-state index in [1.807, 2.05) is 61.5 Å². The first kappa shape index (κ1) is 20.8. The first-order chi connectivity index (χ1) is 16.1. The van der Waals surface area contributed by atoms with Crippen LogP contribution in [-0.4, -0.2) is 37.3 Å². The van der Waals surface area contributed by atoms with E-state index in [4.69, 9.17) is 19.5 Å². The highest BCUT2D eigenvalue weighted by atomic mass is 32.2. The molecule has 0 fully saturated rings. The normalized spacial score (nSPS) is 11.1. The Hall–Kier alpha value is -4.12. The highest BCUT2D eigenvalue weighted by Crippen LogP contribution is 2.34. The number of ether oxygens (including phenoxy) is 1. The molecule has 5 aromatic rings. The maximum atomic E-state index is 6.21. The Morgan fingerprint density at radius 2 is 1.76 bits per heavy atom. The summed E-state index contributed by atoms with van der Waals surface area (Å²) in [5.74, 6) is 9.24. The van der Waals surface area contributed by atoms with E-state index in [9.17, 15) is 0 Å². The zero-order chi connectivity index (χ0) is 22.8. The van der Waals surface area contributed by atoms with Crippen molar-refractivity contribution in [1.82, 2.24) is 30.2 Å². The number of aromatic nitrogens is 6. The van der Waals surface area contributed by atoms with Gasteiger partial charge in [0.25, 0.3) is 5.89 Å². The number of nitrogens with zero attached hydrogens (tertiary/aromatic N) is 6. The number of hydrogen-bond acceptors (Lipinski definition) is 10. The van der Waals surface area contributed by atoms with Gasteiger partial charge in [0, 0.05) is 11.1 Å². The third-order valence-electron chi connectivity index (χ3n) is 4.93. The molecule has 5 rings (SSSR count). The van der Waals surface area contributed by atoms with Crippen LogP contribution in [0.5, 0.6) is 5.75 Å². The summed E-state index contributed by atoms with van der Waals surface area (Å²) in [6.45, 7) is 1.81. The van der Waals surface area contributed by atoms with Crippen molar-refractivity contribution in [2.24, 2.45) is 0 Å². The summed E-state index contributed by atoms with van der Waals surface area (Å²) in [4.78, 5) is 0. The molecule has 0 aliphatic heterocycles. The van der Waals surface area contributed by atoms with E-state index in [-0.39, 0.29) is 0 Å². The Balaban J connectivity index is 1.33. The monoisotopic (exact) mass is 461 g/mol. The molecule has 0 saturated heterocycles. The van der Waals surface area contributed by atoms with Gasteiger partial charge in [-0.1, -0.05) is 47.3 Å². The van der Waals surface area contributed by atoms with Crippen molar-refractivity contribution in [3.63, 3.8) is 0 Å². The van der Waals surface area contributed by atoms with Gasteiger partial charge >= 0.3 is 0 Å². The first-order valence-electron chi connectivity index (χ1n) is 9.96. The molecule has 166 valence electrons. The lowest BCUT2D eigenvalue weighted by Gasteiger charge is -2.04. The topological polar surface area (TPSA) is 131 Å². The largest absolute Gasteiger partial charge is 0.497 e. The smallest absolute Gasteiger partial charge is 0.253 e. The van der Waals surface area contributed by atoms with Crippen molar-refractivity contribution in [2.45, 2.75) is 17.8 Å². The van der Waals surface area contributed by atoms with Crippen LogP contribution >= 0.6 is 11.8 Å². The number of hydrogen-bond donors (Lipinski definition) is 1. The van der Waals surface area contributed by atoms with Crippen molar-refractivity contribution >= 4 is 11.8 Å². The molecule has 11 heteroatoms. The summed E-state index contributed by atoms with van der Waals surface area (Å²) in [5.41, 5.74) is 3.06. The van der Waals surface area contributed by atoms with Crippen LogP contribution in [-0.2, 0) is 5.75 Å². The van der Waals surface area contributed by atoms with Gasteiger partial charge in [-0.15, -0.1) is 20.4 Å². The lowest BCUT2D eigenvalue weighted by molar-refractivity contribution is 0.399. The molecule has 0 unspecified atom stereocenters. The highest BCUT2D eigenvalue weighted by Gasteiger charge is 2.22. The first-order valence-corrected chi connectivity index (χ1v) is 10.9. The van der Waals surface area contributed by atoms with Gasteiger partial charge in [0.15, 0.2) is 5.82 Å². The predicted molar refractivity (Wildman–Crippen MR) is 122 cm³/mol. The van der Waals surface area contributed by atoms with Crippen LogP contribution in [0.4, 0.5) is 0 Å². The SMILES string of the molecule is COc1ccc(-c2nnc(SCc3nnc(-c4c(-c5ccccc5)noc4C)o3)n2N)cc1. The number of rotatable bonds is 7. The Labute approximate surface area is 192 Å². The van der Waals surface area contributed by atoms with Crippen LogP contribution in [0, 0.1) is 6.92 Å². The maximum Gasteiger partial charge on any atom is 0.253 e. The third kappa shape index (κ3) is 4.05. The summed E-state index contributed by atoms with van der Waals surface area (Å²) in [5, 5.41) is 21.4. The molecule has 0 aliphatic rings. The quantitative estimate of drug-likeness (QED) is 0.280. The molecule has 3 heterocycles. The van der Waals surface area contributed by atoms with Crippen molar-refractivity contribution in [2.75, 3.05) is 13.0 Å². The van der Waals surface area contributed by atoms with E-state index in [1.54, 1.807) is 7.11 Å². The third-order valence-corrected chi connectivity index (χ3v) is 5.86. The van der Waals surface area contributed by atoms with Gasteiger partial charge in [-0.25, -0.2) is 4.68 Å². The summed E-state index contributed by atoms with van der Waals surface area (Å²) < 4.78 is 17.9. The fourth-order valence-corrected chi connectivity index (χ4v) is 3.96. The average molecular weight is 462 g/mol. The highest BCUT2D eigenvalue weighted by molar-refractivity contribution is 7.98. The molecular weight excluding hydrogens is 442 g/mol. The van der Waals surface area contributed by atoms with Crippen LogP contribution in [0.25, 0.3) is 34.1 Å². The number of nitrogen functional groups attached to an aromatic ring is 1. The van der Waals surface area contributed by atoms with Gasteiger partial charge in [0.1, 0.15) is 22.8 Å². The molecule has 0 spiro atoms. The van der Waals surface area contributed by atoms with Gasteiger partial charge in [0.2, 0.25) is 11.0 Å². The zero-order valence-electron chi connectivity index (χ0n) is 17.8. The van der Waals surface area contributed by atoms with E-state index < -0.39 is 0 Å². The lowest BCUT2D eigenvalue weighted by atomic mass is 10.1. The standard InChI is InChI=1S/C22H19N7O3S/c1-13-18(19(28-32-13)14-6-4-3-5-7-14)21-26-24-17(31-21)12-33-22-27-25-20(29(22)23)15-8-10-16(30-2)11-9-15/h3-11H,12,23H2,1-2H3. The van der Waals surface area contributed by atoms with Gasteiger partial charge in [0.05, 0.1) is 12.9 Å². The van der Waals surface area contributed by atoms with Crippen molar-refractivity contribution in [3.05, 3.63) is 66.2 Å². The number of benzene rings is 2. The Morgan fingerprint density at radius 1 is 0.970 bits per heavy atom. The second-order valence-corrected chi connectivity index (χ2v) is 7.97. The molecule has 2 N–H and O–H groups in total. The van der Waals surface area contributed by atoms with Gasteiger partial charge < -0.3 is 19.5 Å². The van der Waals surface area contributed by atoms with Crippen LogP contribution in [0.2, 0.25) is 0 Å². The molecule has 0 bridgehead atoms. The Bertz CT molecular complexity index is 1380. The molecule has 3 aromatic heterocycles. The Morgan fingerprint density at radius 3 is 2.52 bits per heavy atom. The number of methoxy groups -OCH3 is 1. The van der Waals surface area contributed by atoms with E-state index in [0.717, 1.165) is 16.9 Å². The molecule has 33 heavy (non-hydrogen) atoms. The average Bonchev–Trinajstić information content (AvgIpc) is 3.57. The van der Waals surface area contributed by atoms with E-state index >= 15 is 0 Å². The van der Waals surface area contributed by atoms with Crippen LogP contribution in [0.3, 0.4) is 0 Å². The molecule has 0 amide bonds. The second-order valence-electron chi connectivity index (χ2n) is 7.02. The van der Waals surface area contributed by atoms with E-state index in [1.165, 1.54) is 16.4 Å². The van der Waals surface area contributed by atoms with Crippen molar-refractivity contribution < 1.29 is 13.7 Å². The minimum Gasteiger partial charge on any atom is -0.497 e. The predicted octanol–water partition coefficient (Wildman–Crippen LogP) is 3.97. The van der Waals surface area contributed by atoms with Crippen LogP contribution in [0.1, 0.15) is 11.7 Å². The minimum absolute atomic E-state index is 0.344. The summed E-state index contributed by atoms with van der Waals surface area (Å²) in [6, 6.07) is 17.1. The van der Waals surface area contributed by atoms with Gasteiger partial charge in [-0.2, -0.15) is 0 Å². The maximum absolute atomic E-state index is 6.21. The van der Waals surface area contributed by atoms with Crippen LogP contribution in [0.15, 0.2) is 68.7 Å². The molecule has 0 atom stereocenters. The zero-order valence-corrected chi connectivity index (χ0v) is 18.6. The van der Waals surface area contributed by atoms with Crippen molar-refractivity contribution in [3.8, 4) is 39.8 Å². The van der Waals surface area contributed by atoms with E-state index in [0.29, 0.717) is 45.5 Å². The van der Waals surface area contributed by atoms with Crippen molar-refractivity contribution in [1.29, 1.82) is 0 Å². The molecule has 2 aromatic carbocycles. The Kier molecular flexibility index (Phi) is 5.53. The molecular formula is C22H19N7O3S. The number of nitrogens with two attached hydrogens (primary N) is 1. The fourth-order valence-electron chi connectivity index (χ4n) is 3.27. The lowest BCUT2D eigenvalue weighted by Crippen LogP contribution is -2.11. The summed E-state index contributed by atoms with van der Waals surface area (Å²) in [7, 11) is 1.62. The molecule has 0 aliphatic carbocycles. The minimum atomic E-state index is 0.344. The number of aryl methyl sites for hydroxylation is 1. The van der Waals surface area contributed by atoms with E-state index in [2.05, 4.69) is 25.6 Å². The van der Waals surface area contributed by atoms with Crippen LogP contribution < -0.4 is 10.6 Å². The van der Waals surface area contributed by atoms with Gasteiger partial charge in [-0.05, 0) is 31.2 Å². The summed E-state index contributed by atoms with van der Waals surface area (Å²) in [6.07, 6.45) is 0. The summed E-state index contributed by atoms with van der Waals surface area (Å²) >= 11 is 1.34. The molecule has 0 radical (unpaired) electrons. The number of thioether (sulfide) groups is 1. The molecule has 10 nitrogen and oxygen atoms in total. The van der Waals surface area contributed by atoms with Gasteiger partial charge in [-0.3, -0.25) is 0 Å². The fraction of sp³-hybridized carbons (Fsp3) is 0.136. The second kappa shape index (κ2) is 8.79. The molecule has 0 saturated carbocycles.